The van der Waals surface area contributed by atoms with Crippen molar-refractivity contribution in [1.29, 1.82) is 0 Å². The lowest BCUT2D eigenvalue weighted by molar-refractivity contribution is -0.148. The maximum absolute atomic E-state index is 12.3. The third-order valence-electron chi connectivity index (χ3n) is 5.05. The molecule has 122 valence electrons. The van der Waals surface area contributed by atoms with Gasteiger partial charge in [0.2, 0.25) is 5.91 Å². The molecule has 0 atom stereocenters. The van der Waals surface area contributed by atoms with E-state index in [2.05, 4.69) is 4.90 Å². The van der Waals surface area contributed by atoms with E-state index in [4.69, 9.17) is 5.21 Å². The molecule has 0 unspecified atom stereocenters. The molecule has 2 N–H and O–H groups in total. The molecule has 1 aromatic carbocycles. The van der Waals surface area contributed by atoms with Crippen molar-refractivity contribution in [3.05, 3.63) is 41.5 Å². The Labute approximate surface area is 135 Å². The van der Waals surface area contributed by atoms with Crippen LogP contribution in [0.15, 0.2) is 30.3 Å². The van der Waals surface area contributed by atoms with Crippen molar-refractivity contribution in [2.75, 3.05) is 0 Å². The standard InChI is InChI=1S/C18H22N2O3/c21-16(19-23)9-8-14-4-6-15(7-5-14)13-20-17(22)3-1-10-18(20)11-2-12-18/h4-9,23H,1-3,10-13H2,(H,19,21)/b9-8+. The Bertz CT molecular complexity index is 618. The first-order valence-electron chi connectivity index (χ1n) is 8.15. The van der Waals surface area contributed by atoms with Gasteiger partial charge in [0.25, 0.3) is 5.91 Å². The van der Waals surface area contributed by atoms with Crippen LogP contribution < -0.4 is 5.48 Å². The van der Waals surface area contributed by atoms with Gasteiger partial charge in [-0.25, -0.2) is 5.48 Å². The molecule has 0 radical (unpaired) electrons. The second kappa shape index (κ2) is 6.54. The summed E-state index contributed by atoms with van der Waals surface area (Å²) in [7, 11) is 0. The molecule has 2 fully saturated rings. The number of nitrogens with zero attached hydrogens (tertiary/aromatic N) is 1. The number of piperidine rings is 1. The van der Waals surface area contributed by atoms with Gasteiger partial charge in [0, 0.05) is 24.6 Å². The van der Waals surface area contributed by atoms with Crippen molar-refractivity contribution >= 4 is 17.9 Å². The van der Waals surface area contributed by atoms with E-state index in [1.165, 1.54) is 12.5 Å². The molecule has 2 amide bonds. The van der Waals surface area contributed by atoms with Crippen LogP contribution in [0, 0.1) is 0 Å². The van der Waals surface area contributed by atoms with Crippen molar-refractivity contribution in [3.63, 3.8) is 0 Å². The minimum Gasteiger partial charge on any atom is -0.333 e. The zero-order valence-electron chi connectivity index (χ0n) is 13.1. The van der Waals surface area contributed by atoms with Gasteiger partial charge in [-0.05, 0) is 49.3 Å². The van der Waals surface area contributed by atoms with Gasteiger partial charge in [-0.3, -0.25) is 14.8 Å². The van der Waals surface area contributed by atoms with Gasteiger partial charge >= 0.3 is 0 Å². The van der Waals surface area contributed by atoms with E-state index in [-0.39, 0.29) is 11.4 Å². The molecule has 1 aliphatic carbocycles. The first-order valence-corrected chi connectivity index (χ1v) is 8.15. The van der Waals surface area contributed by atoms with Gasteiger partial charge in [0.05, 0.1) is 0 Å². The summed E-state index contributed by atoms with van der Waals surface area (Å²) in [4.78, 5) is 25.4. The SMILES string of the molecule is O=C(/C=C/c1ccc(CN2C(=O)CCCC23CCC3)cc1)NO. The molecule has 5 nitrogen and oxygen atoms in total. The fourth-order valence-electron chi connectivity index (χ4n) is 3.59. The molecular formula is C18H22N2O3. The van der Waals surface area contributed by atoms with Gasteiger partial charge in [0.1, 0.15) is 0 Å². The number of carbonyl (C=O) groups is 2. The zero-order valence-corrected chi connectivity index (χ0v) is 13.1. The lowest BCUT2D eigenvalue weighted by Crippen LogP contribution is -2.58. The van der Waals surface area contributed by atoms with Gasteiger partial charge in [-0.2, -0.15) is 0 Å². The highest BCUT2D eigenvalue weighted by atomic mass is 16.5. The molecule has 1 saturated carbocycles. The number of rotatable bonds is 4. The maximum Gasteiger partial charge on any atom is 0.267 e. The molecule has 0 bridgehead atoms. The fourth-order valence-corrected chi connectivity index (χ4v) is 3.59. The highest BCUT2D eigenvalue weighted by molar-refractivity contribution is 5.90. The number of benzene rings is 1. The van der Waals surface area contributed by atoms with Crippen molar-refractivity contribution in [3.8, 4) is 0 Å². The number of nitrogens with one attached hydrogen (secondary N) is 1. The van der Waals surface area contributed by atoms with E-state index >= 15 is 0 Å². The van der Waals surface area contributed by atoms with E-state index in [0.717, 1.165) is 36.8 Å². The fraction of sp³-hybridized carbons (Fsp3) is 0.444. The van der Waals surface area contributed by atoms with Crippen LogP contribution in [0.1, 0.15) is 49.7 Å². The van der Waals surface area contributed by atoms with E-state index in [1.54, 1.807) is 11.6 Å². The maximum atomic E-state index is 12.3. The van der Waals surface area contributed by atoms with Crippen LogP contribution >= 0.6 is 0 Å². The Hall–Kier alpha value is -2.14. The van der Waals surface area contributed by atoms with Crippen molar-refractivity contribution < 1.29 is 14.8 Å². The Balaban J connectivity index is 1.69. The van der Waals surface area contributed by atoms with E-state index < -0.39 is 5.91 Å². The van der Waals surface area contributed by atoms with Crippen LogP contribution in [0.2, 0.25) is 0 Å². The number of hydroxylamine groups is 1. The first kappa shape index (κ1) is 15.7. The van der Waals surface area contributed by atoms with Crippen LogP contribution in [0.25, 0.3) is 6.08 Å². The predicted octanol–water partition coefficient (Wildman–Crippen LogP) is 2.64. The summed E-state index contributed by atoms with van der Waals surface area (Å²) in [5, 5.41) is 8.45. The Morgan fingerprint density at radius 1 is 1.22 bits per heavy atom. The summed E-state index contributed by atoms with van der Waals surface area (Å²) in [6.07, 6.45) is 9.22. The summed E-state index contributed by atoms with van der Waals surface area (Å²) >= 11 is 0. The quantitative estimate of drug-likeness (QED) is 0.510. The van der Waals surface area contributed by atoms with Gasteiger partial charge in [-0.15, -0.1) is 0 Å². The summed E-state index contributed by atoms with van der Waals surface area (Å²) in [5.74, 6) is -0.278. The Morgan fingerprint density at radius 3 is 2.52 bits per heavy atom. The number of hydrogen-bond donors (Lipinski definition) is 2. The van der Waals surface area contributed by atoms with Crippen LogP contribution in [-0.4, -0.2) is 27.5 Å². The molecule has 0 aromatic heterocycles. The zero-order chi connectivity index (χ0) is 16.3. The third kappa shape index (κ3) is 3.29. The van der Waals surface area contributed by atoms with E-state index in [1.807, 2.05) is 24.3 Å². The second-order valence-electron chi connectivity index (χ2n) is 6.46. The summed E-state index contributed by atoms with van der Waals surface area (Å²) in [6, 6.07) is 7.81. The third-order valence-corrected chi connectivity index (χ3v) is 5.05. The number of hydrogen-bond acceptors (Lipinski definition) is 3. The lowest BCUT2D eigenvalue weighted by Gasteiger charge is -2.53. The summed E-state index contributed by atoms with van der Waals surface area (Å²) in [5.41, 5.74) is 3.66. The molecule has 23 heavy (non-hydrogen) atoms. The van der Waals surface area contributed by atoms with E-state index in [9.17, 15) is 9.59 Å². The predicted molar refractivity (Wildman–Crippen MR) is 86.4 cm³/mol. The van der Waals surface area contributed by atoms with Crippen LogP contribution in [-0.2, 0) is 16.1 Å². The molecular weight excluding hydrogens is 292 g/mol. The normalized spacial score (nSPS) is 19.9. The smallest absolute Gasteiger partial charge is 0.267 e. The van der Waals surface area contributed by atoms with E-state index in [0.29, 0.717) is 13.0 Å². The molecule has 1 aliphatic heterocycles. The summed E-state index contributed by atoms with van der Waals surface area (Å²) < 4.78 is 0. The average molecular weight is 314 g/mol. The minimum absolute atomic E-state index is 0.118. The lowest BCUT2D eigenvalue weighted by atomic mass is 9.70. The highest BCUT2D eigenvalue weighted by Gasteiger charge is 2.46. The van der Waals surface area contributed by atoms with Gasteiger partial charge in [0.15, 0.2) is 0 Å². The van der Waals surface area contributed by atoms with Crippen LogP contribution in [0.5, 0.6) is 0 Å². The molecule has 3 rings (SSSR count). The molecule has 1 spiro atoms. The van der Waals surface area contributed by atoms with Gasteiger partial charge < -0.3 is 4.90 Å². The van der Waals surface area contributed by atoms with Gasteiger partial charge in [-0.1, -0.05) is 24.3 Å². The summed E-state index contributed by atoms with van der Waals surface area (Å²) in [6.45, 7) is 0.667. The number of amides is 2. The molecule has 1 aromatic rings. The first-order chi connectivity index (χ1) is 11.1. The highest BCUT2D eigenvalue weighted by Crippen LogP contribution is 2.45. The Kier molecular flexibility index (Phi) is 4.48. The Morgan fingerprint density at radius 2 is 1.91 bits per heavy atom. The monoisotopic (exact) mass is 314 g/mol. The van der Waals surface area contributed by atoms with Crippen LogP contribution in [0.3, 0.4) is 0 Å². The van der Waals surface area contributed by atoms with Crippen molar-refractivity contribution in [2.45, 2.75) is 50.6 Å². The molecule has 1 heterocycles. The molecule has 5 heteroatoms. The van der Waals surface area contributed by atoms with Crippen molar-refractivity contribution in [2.24, 2.45) is 0 Å². The largest absolute Gasteiger partial charge is 0.333 e. The molecule has 2 aliphatic rings. The number of likely N-dealkylation sites (tertiary alicyclic amines) is 1. The molecule has 1 saturated heterocycles. The second-order valence-corrected chi connectivity index (χ2v) is 6.46. The van der Waals surface area contributed by atoms with Crippen molar-refractivity contribution in [1.82, 2.24) is 10.4 Å². The minimum atomic E-state index is -0.556. The average Bonchev–Trinajstić information content (AvgIpc) is 2.54. The topological polar surface area (TPSA) is 69.6 Å². The number of carbonyl (C=O) groups excluding carboxylic acids is 2. The van der Waals surface area contributed by atoms with Crippen LogP contribution in [0.4, 0.5) is 0 Å².